The number of rotatable bonds is 7. The molecule has 0 unspecified atom stereocenters. The third-order valence-electron chi connectivity index (χ3n) is 4.24. The van der Waals surface area contributed by atoms with Crippen LogP contribution in [0.15, 0.2) is 73.3 Å². The SMILES string of the molecule is Fc1ccc(-n2cc(-c3ccnc(NCCCc4ccccn4)n3)cn2)cc1. The second-order valence-electron chi connectivity index (χ2n) is 6.27. The number of pyridine rings is 1. The topological polar surface area (TPSA) is 68.5 Å². The van der Waals surface area contributed by atoms with Crippen LogP contribution in [-0.4, -0.2) is 31.3 Å². The molecule has 0 aliphatic carbocycles. The smallest absolute Gasteiger partial charge is 0.223 e. The Hall–Kier alpha value is -3.61. The molecule has 7 heteroatoms. The largest absolute Gasteiger partial charge is 0.354 e. The van der Waals surface area contributed by atoms with Crippen LogP contribution >= 0.6 is 0 Å². The third kappa shape index (κ3) is 4.37. The van der Waals surface area contributed by atoms with Crippen molar-refractivity contribution in [2.75, 3.05) is 11.9 Å². The van der Waals surface area contributed by atoms with Crippen LogP contribution in [0.2, 0.25) is 0 Å². The Labute approximate surface area is 162 Å². The Bertz CT molecular complexity index is 1030. The van der Waals surface area contributed by atoms with Gasteiger partial charge in [-0.2, -0.15) is 5.10 Å². The molecule has 6 nitrogen and oxygen atoms in total. The van der Waals surface area contributed by atoms with Crippen molar-refractivity contribution in [3.8, 4) is 16.9 Å². The number of aromatic nitrogens is 5. The second-order valence-corrected chi connectivity index (χ2v) is 6.27. The highest BCUT2D eigenvalue weighted by Crippen LogP contribution is 2.19. The summed E-state index contributed by atoms with van der Waals surface area (Å²) in [7, 11) is 0. The molecule has 28 heavy (non-hydrogen) atoms. The number of nitrogens with zero attached hydrogens (tertiary/aromatic N) is 5. The fraction of sp³-hybridized carbons (Fsp3) is 0.143. The van der Waals surface area contributed by atoms with E-state index in [0.29, 0.717) is 5.95 Å². The first-order valence-electron chi connectivity index (χ1n) is 9.06. The van der Waals surface area contributed by atoms with E-state index in [0.717, 1.165) is 42.0 Å². The van der Waals surface area contributed by atoms with Gasteiger partial charge in [0.1, 0.15) is 5.82 Å². The normalized spacial score (nSPS) is 10.8. The van der Waals surface area contributed by atoms with Gasteiger partial charge in [0, 0.05) is 36.4 Å². The Kier molecular flexibility index (Phi) is 5.33. The molecule has 0 atom stereocenters. The number of anilines is 1. The van der Waals surface area contributed by atoms with E-state index in [9.17, 15) is 4.39 Å². The minimum Gasteiger partial charge on any atom is -0.354 e. The first kappa shape index (κ1) is 17.8. The third-order valence-corrected chi connectivity index (χ3v) is 4.24. The van der Waals surface area contributed by atoms with E-state index in [-0.39, 0.29) is 5.82 Å². The van der Waals surface area contributed by atoms with E-state index in [1.165, 1.54) is 12.1 Å². The second kappa shape index (κ2) is 8.39. The van der Waals surface area contributed by atoms with Gasteiger partial charge in [-0.25, -0.2) is 19.0 Å². The summed E-state index contributed by atoms with van der Waals surface area (Å²) in [6.45, 7) is 0.759. The van der Waals surface area contributed by atoms with Gasteiger partial charge in [-0.15, -0.1) is 0 Å². The molecule has 0 aliphatic heterocycles. The van der Waals surface area contributed by atoms with Gasteiger partial charge in [0.15, 0.2) is 0 Å². The molecule has 0 saturated carbocycles. The molecule has 0 saturated heterocycles. The highest BCUT2D eigenvalue weighted by molar-refractivity contribution is 5.58. The van der Waals surface area contributed by atoms with Gasteiger partial charge in [0.2, 0.25) is 5.95 Å². The molecule has 0 bridgehead atoms. The zero-order chi connectivity index (χ0) is 19.2. The van der Waals surface area contributed by atoms with E-state index < -0.39 is 0 Å². The van der Waals surface area contributed by atoms with E-state index >= 15 is 0 Å². The van der Waals surface area contributed by atoms with E-state index in [4.69, 9.17) is 0 Å². The van der Waals surface area contributed by atoms with E-state index in [1.54, 1.807) is 35.4 Å². The quantitative estimate of drug-likeness (QED) is 0.497. The van der Waals surface area contributed by atoms with Crippen LogP contribution < -0.4 is 5.32 Å². The van der Waals surface area contributed by atoms with Crippen LogP contribution in [0.1, 0.15) is 12.1 Å². The van der Waals surface area contributed by atoms with Crippen molar-refractivity contribution in [1.29, 1.82) is 0 Å². The van der Waals surface area contributed by atoms with Gasteiger partial charge in [-0.3, -0.25) is 4.98 Å². The van der Waals surface area contributed by atoms with Crippen LogP contribution in [0.3, 0.4) is 0 Å². The average molecular weight is 374 g/mol. The van der Waals surface area contributed by atoms with Crippen molar-refractivity contribution in [2.45, 2.75) is 12.8 Å². The molecular formula is C21H19FN6. The molecule has 4 aromatic rings. The van der Waals surface area contributed by atoms with Crippen molar-refractivity contribution >= 4 is 5.95 Å². The van der Waals surface area contributed by atoms with Gasteiger partial charge in [-0.1, -0.05) is 6.07 Å². The first-order chi connectivity index (χ1) is 13.8. The summed E-state index contributed by atoms with van der Waals surface area (Å²) in [4.78, 5) is 13.2. The minimum atomic E-state index is -0.273. The zero-order valence-electron chi connectivity index (χ0n) is 15.2. The van der Waals surface area contributed by atoms with Gasteiger partial charge in [0.05, 0.1) is 17.6 Å². The molecule has 0 aliphatic rings. The molecule has 0 spiro atoms. The molecule has 3 aromatic heterocycles. The maximum absolute atomic E-state index is 13.1. The lowest BCUT2D eigenvalue weighted by Crippen LogP contribution is -2.07. The Balaban J connectivity index is 1.39. The number of nitrogens with one attached hydrogen (secondary N) is 1. The summed E-state index contributed by atoms with van der Waals surface area (Å²) in [6, 6.07) is 14.0. The Morgan fingerprint density at radius 2 is 1.86 bits per heavy atom. The predicted octanol–water partition coefficient (Wildman–Crippen LogP) is 3.91. The lowest BCUT2D eigenvalue weighted by Gasteiger charge is -2.05. The fourth-order valence-corrected chi connectivity index (χ4v) is 2.81. The van der Waals surface area contributed by atoms with Crippen LogP contribution in [0.4, 0.5) is 10.3 Å². The highest BCUT2D eigenvalue weighted by Gasteiger charge is 2.07. The standard InChI is InChI=1S/C21H19FN6/c22-17-6-8-19(9-7-17)28-15-16(14-26-28)20-10-13-25-21(27-20)24-12-3-5-18-4-1-2-11-23-18/h1-2,4,6-11,13-15H,3,5,12H2,(H,24,25,27). The van der Waals surface area contributed by atoms with Crippen molar-refractivity contribution in [3.63, 3.8) is 0 Å². The maximum atomic E-state index is 13.1. The molecule has 0 amide bonds. The fourth-order valence-electron chi connectivity index (χ4n) is 2.81. The monoisotopic (exact) mass is 374 g/mol. The van der Waals surface area contributed by atoms with Gasteiger partial charge in [-0.05, 0) is 55.3 Å². The number of hydrogen-bond acceptors (Lipinski definition) is 5. The van der Waals surface area contributed by atoms with Gasteiger partial charge >= 0.3 is 0 Å². The number of aryl methyl sites for hydroxylation is 1. The van der Waals surface area contributed by atoms with E-state index in [2.05, 4.69) is 25.4 Å². The lowest BCUT2D eigenvalue weighted by molar-refractivity contribution is 0.627. The number of halogens is 1. The van der Waals surface area contributed by atoms with Crippen molar-refractivity contribution in [1.82, 2.24) is 24.7 Å². The average Bonchev–Trinajstić information content (AvgIpc) is 3.23. The van der Waals surface area contributed by atoms with Crippen LogP contribution in [-0.2, 0) is 6.42 Å². The zero-order valence-corrected chi connectivity index (χ0v) is 15.2. The highest BCUT2D eigenvalue weighted by atomic mass is 19.1. The van der Waals surface area contributed by atoms with Crippen LogP contribution in [0, 0.1) is 5.82 Å². The van der Waals surface area contributed by atoms with Crippen LogP contribution in [0.25, 0.3) is 16.9 Å². The maximum Gasteiger partial charge on any atom is 0.223 e. The summed E-state index contributed by atoms with van der Waals surface area (Å²) >= 11 is 0. The van der Waals surface area contributed by atoms with Crippen molar-refractivity contribution < 1.29 is 4.39 Å². The van der Waals surface area contributed by atoms with E-state index in [1.807, 2.05) is 30.5 Å². The summed E-state index contributed by atoms with van der Waals surface area (Å²) < 4.78 is 14.8. The Morgan fingerprint density at radius 3 is 2.68 bits per heavy atom. The summed E-state index contributed by atoms with van der Waals surface area (Å²) in [6.07, 6.45) is 8.96. The van der Waals surface area contributed by atoms with Crippen molar-refractivity contribution in [2.24, 2.45) is 0 Å². The molecule has 140 valence electrons. The van der Waals surface area contributed by atoms with Gasteiger partial charge < -0.3 is 5.32 Å². The molecular weight excluding hydrogens is 355 g/mol. The predicted molar refractivity (Wildman–Crippen MR) is 106 cm³/mol. The number of hydrogen-bond donors (Lipinski definition) is 1. The number of benzene rings is 1. The molecule has 0 fully saturated rings. The Morgan fingerprint density at radius 1 is 0.964 bits per heavy atom. The first-order valence-corrected chi connectivity index (χ1v) is 9.06. The van der Waals surface area contributed by atoms with Crippen LogP contribution in [0.5, 0.6) is 0 Å². The summed E-state index contributed by atoms with van der Waals surface area (Å²) in [5.41, 5.74) is 3.50. The summed E-state index contributed by atoms with van der Waals surface area (Å²) in [5.74, 6) is 0.304. The minimum absolute atomic E-state index is 0.273. The molecule has 4 rings (SSSR count). The molecule has 3 heterocycles. The van der Waals surface area contributed by atoms with Gasteiger partial charge in [0.25, 0.3) is 0 Å². The molecule has 0 radical (unpaired) electrons. The molecule has 1 N–H and O–H groups in total. The van der Waals surface area contributed by atoms with Crippen molar-refractivity contribution in [3.05, 3.63) is 84.8 Å². The lowest BCUT2D eigenvalue weighted by atomic mass is 10.2. The molecule has 1 aromatic carbocycles. The summed E-state index contributed by atoms with van der Waals surface area (Å²) in [5, 5.41) is 7.59.